The molecule has 1 aromatic carbocycles. The molecule has 1 heterocycles. The lowest BCUT2D eigenvalue weighted by Crippen LogP contribution is -2.43. The molecule has 68 valence electrons. The van der Waals surface area contributed by atoms with Crippen LogP contribution in [-0.4, -0.2) is 19.5 Å². The number of rotatable bonds is 2. The van der Waals surface area contributed by atoms with Crippen molar-refractivity contribution >= 4 is 6.29 Å². The summed E-state index contributed by atoms with van der Waals surface area (Å²) in [6, 6.07) is 7.73. The second-order valence-electron chi connectivity index (χ2n) is 3.80. The van der Waals surface area contributed by atoms with Crippen molar-refractivity contribution in [3.05, 3.63) is 35.4 Å². The van der Waals surface area contributed by atoms with Crippen molar-refractivity contribution in [3.63, 3.8) is 0 Å². The highest BCUT2D eigenvalue weighted by Gasteiger charge is 2.35. The Morgan fingerprint density at radius 1 is 1.46 bits per heavy atom. The van der Waals surface area contributed by atoms with Gasteiger partial charge in [-0.1, -0.05) is 25.1 Å². The van der Waals surface area contributed by atoms with Crippen LogP contribution in [0.4, 0.5) is 0 Å². The first-order valence-electron chi connectivity index (χ1n) is 4.38. The van der Waals surface area contributed by atoms with Gasteiger partial charge in [-0.2, -0.15) is 0 Å². The maximum atomic E-state index is 10.6. The molecule has 0 unspecified atom stereocenters. The number of hydrogen-bond acceptors (Lipinski definition) is 2. The summed E-state index contributed by atoms with van der Waals surface area (Å²) >= 11 is 0. The average Bonchev–Trinajstić information content (AvgIpc) is 2.14. The zero-order valence-electron chi connectivity index (χ0n) is 7.62. The summed E-state index contributed by atoms with van der Waals surface area (Å²) in [4.78, 5) is 10.6. The fourth-order valence-corrected chi connectivity index (χ4v) is 1.56. The van der Waals surface area contributed by atoms with Crippen molar-refractivity contribution in [2.24, 2.45) is 0 Å². The molecule has 0 amide bonds. The Labute approximate surface area is 77.5 Å². The Morgan fingerprint density at radius 2 is 2.23 bits per heavy atom. The third-order valence-corrected chi connectivity index (χ3v) is 2.56. The SMILES string of the molecule is CC1(c2cccc(C=O)c2)COC1. The van der Waals surface area contributed by atoms with Crippen LogP contribution in [0.15, 0.2) is 24.3 Å². The summed E-state index contributed by atoms with van der Waals surface area (Å²) < 4.78 is 5.18. The monoisotopic (exact) mass is 176 g/mol. The molecule has 1 aliphatic rings. The van der Waals surface area contributed by atoms with Gasteiger partial charge in [-0.3, -0.25) is 4.79 Å². The largest absolute Gasteiger partial charge is 0.379 e. The molecular weight excluding hydrogens is 164 g/mol. The van der Waals surface area contributed by atoms with E-state index in [-0.39, 0.29) is 5.41 Å². The van der Waals surface area contributed by atoms with E-state index >= 15 is 0 Å². The molecule has 2 heteroatoms. The van der Waals surface area contributed by atoms with Crippen molar-refractivity contribution in [1.29, 1.82) is 0 Å². The van der Waals surface area contributed by atoms with Crippen molar-refractivity contribution in [2.75, 3.05) is 13.2 Å². The predicted molar refractivity (Wildman–Crippen MR) is 50.0 cm³/mol. The van der Waals surface area contributed by atoms with Crippen LogP contribution in [0.5, 0.6) is 0 Å². The fourth-order valence-electron chi connectivity index (χ4n) is 1.56. The van der Waals surface area contributed by atoms with Crippen LogP contribution in [0.25, 0.3) is 0 Å². The van der Waals surface area contributed by atoms with Crippen LogP contribution in [0, 0.1) is 0 Å². The highest BCUT2D eigenvalue weighted by Crippen LogP contribution is 2.31. The number of aldehydes is 1. The highest BCUT2D eigenvalue weighted by molar-refractivity contribution is 5.75. The Morgan fingerprint density at radius 3 is 2.77 bits per heavy atom. The number of carbonyl (C=O) groups is 1. The Balaban J connectivity index is 2.34. The molecule has 1 aromatic rings. The third kappa shape index (κ3) is 1.38. The molecule has 0 spiro atoms. The smallest absolute Gasteiger partial charge is 0.150 e. The molecule has 0 aliphatic carbocycles. The van der Waals surface area contributed by atoms with Gasteiger partial charge in [0.1, 0.15) is 6.29 Å². The van der Waals surface area contributed by atoms with Crippen LogP contribution < -0.4 is 0 Å². The molecule has 1 saturated heterocycles. The predicted octanol–water partition coefficient (Wildman–Crippen LogP) is 1.79. The van der Waals surface area contributed by atoms with Gasteiger partial charge >= 0.3 is 0 Å². The molecule has 2 nitrogen and oxygen atoms in total. The zero-order valence-corrected chi connectivity index (χ0v) is 7.62. The molecule has 1 fully saturated rings. The van der Waals surface area contributed by atoms with E-state index in [4.69, 9.17) is 4.74 Å². The number of carbonyl (C=O) groups excluding carboxylic acids is 1. The van der Waals surface area contributed by atoms with Crippen LogP contribution in [0.2, 0.25) is 0 Å². The molecule has 0 aromatic heterocycles. The van der Waals surface area contributed by atoms with Gasteiger partial charge in [-0.15, -0.1) is 0 Å². The first-order valence-corrected chi connectivity index (χ1v) is 4.38. The van der Waals surface area contributed by atoms with E-state index in [1.54, 1.807) is 0 Å². The Bertz CT molecular complexity index is 327. The summed E-state index contributed by atoms with van der Waals surface area (Å²) in [5, 5.41) is 0. The Hall–Kier alpha value is -1.15. The van der Waals surface area contributed by atoms with Crippen LogP contribution >= 0.6 is 0 Å². The first kappa shape index (κ1) is 8.45. The van der Waals surface area contributed by atoms with E-state index < -0.39 is 0 Å². The summed E-state index contributed by atoms with van der Waals surface area (Å²) in [7, 11) is 0. The second-order valence-corrected chi connectivity index (χ2v) is 3.80. The summed E-state index contributed by atoms with van der Waals surface area (Å²) in [5.41, 5.74) is 2.06. The van der Waals surface area contributed by atoms with E-state index in [0.717, 1.165) is 25.1 Å². The topological polar surface area (TPSA) is 26.3 Å². The number of benzene rings is 1. The molecule has 2 rings (SSSR count). The van der Waals surface area contributed by atoms with Crippen molar-refractivity contribution in [3.8, 4) is 0 Å². The summed E-state index contributed by atoms with van der Waals surface area (Å²) in [6.07, 6.45) is 0.881. The normalized spacial score (nSPS) is 19.2. The standard InChI is InChI=1S/C11H12O2/c1-11(7-13-8-11)10-4-2-3-9(5-10)6-12/h2-6H,7-8H2,1H3. The van der Waals surface area contributed by atoms with Crippen molar-refractivity contribution in [1.82, 2.24) is 0 Å². The average molecular weight is 176 g/mol. The summed E-state index contributed by atoms with van der Waals surface area (Å²) in [6.45, 7) is 3.67. The molecule has 0 radical (unpaired) electrons. The zero-order chi connectivity index (χ0) is 9.31. The number of ether oxygens (including phenoxy) is 1. The van der Waals surface area contributed by atoms with E-state index in [0.29, 0.717) is 0 Å². The van der Waals surface area contributed by atoms with Gasteiger partial charge in [-0.25, -0.2) is 0 Å². The van der Waals surface area contributed by atoms with Gasteiger partial charge in [0.05, 0.1) is 13.2 Å². The molecule has 1 aliphatic heterocycles. The third-order valence-electron chi connectivity index (χ3n) is 2.56. The Kier molecular flexibility index (Phi) is 1.93. The molecule has 0 atom stereocenters. The van der Waals surface area contributed by atoms with Crippen LogP contribution in [0.3, 0.4) is 0 Å². The van der Waals surface area contributed by atoms with E-state index in [2.05, 4.69) is 13.0 Å². The van der Waals surface area contributed by atoms with Crippen LogP contribution in [0.1, 0.15) is 22.8 Å². The maximum absolute atomic E-state index is 10.6. The lowest BCUT2D eigenvalue weighted by Gasteiger charge is -2.38. The lowest BCUT2D eigenvalue weighted by atomic mass is 9.80. The van der Waals surface area contributed by atoms with Crippen molar-refractivity contribution < 1.29 is 9.53 Å². The van der Waals surface area contributed by atoms with Gasteiger partial charge in [0, 0.05) is 11.0 Å². The maximum Gasteiger partial charge on any atom is 0.150 e. The molecule has 13 heavy (non-hydrogen) atoms. The number of hydrogen-bond donors (Lipinski definition) is 0. The minimum atomic E-state index is 0.124. The van der Waals surface area contributed by atoms with E-state index in [9.17, 15) is 4.79 Å². The minimum absolute atomic E-state index is 0.124. The van der Waals surface area contributed by atoms with Gasteiger partial charge in [0.2, 0.25) is 0 Å². The molecule has 0 bridgehead atoms. The molecule has 0 N–H and O–H groups in total. The lowest BCUT2D eigenvalue weighted by molar-refractivity contribution is -0.0500. The fraction of sp³-hybridized carbons (Fsp3) is 0.364. The minimum Gasteiger partial charge on any atom is -0.379 e. The van der Waals surface area contributed by atoms with E-state index in [1.807, 2.05) is 18.2 Å². The summed E-state index contributed by atoms with van der Waals surface area (Å²) in [5.74, 6) is 0. The van der Waals surface area contributed by atoms with E-state index in [1.165, 1.54) is 5.56 Å². The quantitative estimate of drug-likeness (QED) is 0.642. The molecule has 0 saturated carbocycles. The van der Waals surface area contributed by atoms with Gasteiger partial charge in [-0.05, 0) is 11.6 Å². The van der Waals surface area contributed by atoms with Gasteiger partial charge in [0.15, 0.2) is 0 Å². The van der Waals surface area contributed by atoms with Gasteiger partial charge in [0.25, 0.3) is 0 Å². The van der Waals surface area contributed by atoms with Gasteiger partial charge < -0.3 is 4.74 Å². The second kappa shape index (κ2) is 2.96. The first-order chi connectivity index (χ1) is 6.24. The van der Waals surface area contributed by atoms with Crippen molar-refractivity contribution in [2.45, 2.75) is 12.3 Å². The highest BCUT2D eigenvalue weighted by atomic mass is 16.5. The van der Waals surface area contributed by atoms with Crippen LogP contribution in [-0.2, 0) is 10.2 Å². The molecular formula is C11H12O2.